The van der Waals surface area contributed by atoms with E-state index >= 15 is 0 Å². The van der Waals surface area contributed by atoms with E-state index in [1.807, 2.05) is 54.7 Å². The average molecular weight is 579 g/mol. The number of pyridine rings is 1. The molecule has 0 radical (unpaired) electrons. The number of benzene rings is 6. The molecule has 1 aliphatic heterocycles. The molecule has 0 bridgehead atoms. The standard InChI is InChI=1S/C40H26N4O/c1-3-11-25(12-4-1)38-42-39(26-13-5-2-6-14-26)44-40(43-38)32-20-8-16-28-29(17-7-18-30(28)32)31-19-9-21-35-37(31)33-24-34-27(15-10-22-41-34)23-36(33)45-35/h1-24,40H,(H,42,43,44). The van der Waals surface area contributed by atoms with Crippen molar-refractivity contribution in [1.29, 1.82) is 0 Å². The van der Waals surface area contributed by atoms with Crippen molar-refractivity contribution in [2.24, 2.45) is 9.98 Å². The van der Waals surface area contributed by atoms with Gasteiger partial charge in [-0.05, 0) is 46.2 Å². The van der Waals surface area contributed by atoms with Crippen LogP contribution in [-0.2, 0) is 0 Å². The lowest BCUT2D eigenvalue weighted by molar-refractivity contribution is 0.669. The summed E-state index contributed by atoms with van der Waals surface area (Å²) in [5.74, 6) is 1.51. The highest BCUT2D eigenvalue weighted by atomic mass is 16.3. The van der Waals surface area contributed by atoms with E-state index in [4.69, 9.17) is 14.4 Å². The smallest absolute Gasteiger partial charge is 0.159 e. The number of aliphatic imine (C=N–C) groups is 2. The van der Waals surface area contributed by atoms with Crippen LogP contribution in [0, 0.1) is 0 Å². The lowest BCUT2D eigenvalue weighted by atomic mass is 9.92. The van der Waals surface area contributed by atoms with Gasteiger partial charge in [0.25, 0.3) is 0 Å². The first kappa shape index (κ1) is 25.4. The van der Waals surface area contributed by atoms with E-state index < -0.39 is 0 Å². The maximum atomic E-state index is 6.39. The minimum absolute atomic E-state index is 0.324. The molecule has 8 aromatic rings. The van der Waals surface area contributed by atoms with E-state index in [1.54, 1.807) is 0 Å². The Labute approximate surface area is 259 Å². The summed E-state index contributed by atoms with van der Waals surface area (Å²) in [4.78, 5) is 14.7. The van der Waals surface area contributed by atoms with Crippen molar-refractivity contribution in [2.75, 3.05) is 0 Å². The lowest BCUT2D eigenvalue weighted by Crippen LogP contribution is -2.33. The third kappa shape index (κ3) is 4.28. The van der Waals surface area contributed by atoms with Crippen LogP contribution < -0.4 is 5.32 Å². The molecule has 1 N–H and O–H groups in total. The number of hydrogen-bond donors (Lipinski definition) is 1. The second-order valence-electron chi connectivity index (χ2n) is 11.3. The van der Waals surface area contributed by atoms with Gasteiger partial charge in [0.1, 0.15) is 23.2 Å². The molecule has 45 heavy (non-hydrogen) atoms. The van der Waals surface area contributed by atoms with Gasteiger partial charge in [0.2, 0.25) is 0 Å². The maximum absolute atomic E-state index is 6.39. The minimum atomic E-state index is -0.324. The summed E-state index contributed by atoms with van der Waals surface area (Å²) in [6, 6.07) is 48.0. The van der Waals surface area contributed by atoms with Gasteiger partial charge in [-0.3, -0.25) is 4.98 Å². The van der Waals surface area contributed by atoms with E-state index in [0.717, 1.165) is 77.3 Å². The Morgan fingerprint density at radius 1 is 0.578 bits per heavy atom. The second kappa shape index (κ2) is 10.3. The van der Waals surface area contributed by atoms with Crippen LogP contribution in [0.25, 0.3) is 54.7 Å². The first-order valence-electron chi connectivity index (χ1n) is 15.1. The Bertz CT molecular complexity index is 2460. The maximum Gasteiger partial charge on any atom is 0.159 e. The second-order valence-corrected chi connectivity index (χ2v) is 11.3. The fourth-order valence-corrected chi connectivity index (χ4v) is 6.49. The summed E-state index contributed by atoms with van der Waals surface area (Å²) in [6.45, 7) is 0. The van der Waals surface area contributed by atoms with Gasteiger partial charge in [0.15, 0.2) is 5.84 Å². The van der Waals surface area contributed by atoms with Gasteiger partial charge in [0, 0.05) is 39.0 Å². The first-order chi connectivity index (χ1) is 22.3. The number of hydrogen-bond acceptors (Lipinski definition) is 5. The van der Waals surface area contributed by atoms with Crippen LogP contribution in [0.1, 0.15) is 22.9 Å². The Hall–Kier alpha value is -6.07. The molecular formula is C40H26N4O. The molecule has 9 rings (SSSR count). The number of nitrogens with zero attached hydrogens (tertiary/aromatic N) is 3. The number of furan rings is 1. The summed E-state index contributed by atoms with van der Waals surface area (Å²) in [5, 5.41) is 9.15. The van der Waals surface area contributed by atoms with Crippen molar-refractivity contribution >= 4 is 55.3 Å². The van der Waals surface area contributed by atoms with Crippen molar-refractivity contribution < 1.29 is 4.42 Å². The molecule has 6 aromatic carbocycles. The van der Waals surface area contributed by atoms with Crippen LogP contribution in [0.5, 0.6) is 0 Å². The average Bonchev–Trinajstić information content (AvgIpc) is 3.48. The number of aromatic nitrogens is 1. The molecule has 1 aliphatic rings. The predicted molar refractivity (Wildman–Crippen MR) is 184 cm³/mol. The van der Waals surface area contributed by atoms with Gasteiger partial charge >= 0.3 is 0 Å². The summed E-state index contributed by atoms with van der Waals surface area (Å²) in [5.41, 5.74) is 8.04. The number of amidine groups is 2. The minimum Gasteiger partial charge on any atom is -0.456 e. The molecule has 2 aromatic heterocycles. The molecule has 1 atom stereocenters. The number of fused-ring (bicyclic) bond motifs is 5. The van der Waals surface area contributed by atoms with E-state index in [-0.39, 0.29) is 6.17 Å². The number of nitrogens with one attached hydrogen (secondary N) is 1. The zero-order chi connectivity index (χ0) is 29.7. The van der Waals surface area contributed by atoms with Gasteiger partial charge in [-0.15, -0.1) is 0 Å². The van der Waals surface area contributed by atoms with Gasteiger partial charge in [-0.1, -0.05) is 115 Å². The van der Waals surface area contributed by atoms with Crippen LogP contribution in [-0.4, -0.2) is 16.7 Å². The molecule has 0 aliphatic carbocycles. The van der Waals surface area contributed by atoms with Crippen molar-refractivity contribution in [3.63, 3.8) is 0 Å². The highest BCUT2D eigenvalue weighted by Crippen LogP contribution is 2.41. The monoisotopic (exact) mass is 578 g/mol. The predicted octanol–water partition coefficient (Wildman–Crippen LogP) is 9.45. The van der Waals surface area contributed by atoms with Gasteiger partial charge in [-0.25, -0.2) is 9.98 Å². The van der Waals surface area contributed by atoms with E-state index in [1.165, 1.54) is 0 Å². The molecule has 0 spiro atoms. The molecule has 0 saturated carbocycles. The van der Waals surface area contributed by atoms with Gasteiger partial charge in [0.05, 0.1) is 5.52 Å². The van der Waals surface area contributed by atoms with Gasteiger partial charge < -0.3 is 9.73 Å². The summed E-state index contributed by atoms with van der Waals surface area (Å²) < 4.78 is 6.39. The Kier molecular flexibility index (Phi) is 5.81. The molecule has 5 nitrogen and oxygen atoms in total. The fourth-order valence-electron chi connectivity index (χ4n) is 6.49. The SMILES string of the molecule is c1ccc(C2=NC(c3cccc4c(-c5cccc6oc7cc8cccnc8cc7c56)cccc34)NC(c3ccccc3)=N2)cc1. The summed E-state index contributed by atoms with van der Waals surface area (Å²) in [7, 11) is 0. The third-order valence-corrected chi connectivity index (χ3v) is 8.58. The highest BCUT2D eigenvalue weighted by Gasteiger charge is 2.23. The highest BCUT2D eigenvalue weighted by molar-refractivity contribution is 6.18. The van der Waals surface area contributed by atoms with Crippen molar-refractivity contribution in [3.8, 4) is 11.1 Å². The van der Waals surface area contributed by atoms with E-state index in [9.17, 15) is 0 Å². The lowest BCUT2D eigenvalue weighted by Gasteiger charge is -2.25. The van der Waals surface area contributed by atoms with Crippen LogP contribution in [0.4, 0.5) is 0 Å². The largest absolute Gasteiger partial charge is 0.456 e. The molecule has 0 saturated heterocycles. The van der Waals surface area contributed by atoms with Crippen molar-refractivity contribution in [1.82, 2.24) is 10.3 Å². The Balaban J connectivity index is 1.23. The van der Waals surface area contributed by atoms with Crippen molar-refractivity contribution in [2.45, 2.75) is 6.17 Å². The molecule has 0 amide bonds. The molecule has 3 heterocycles. The molecule has 212 valence electrons. The first-order valence-corrected chi connectivity index (χ1v) is 15.1. The Morgan fingerprint density at radius 2 is 1.33 bits per heavy atom. The normalized spacial score (nSPS) is 14.9. The topological polar surface area (TPSA) is 62.8 Å². The van der Waals surface area contributed by atoms with Crippen LogP contribution in [0.3, 0.4) is 0 Å². The van der Waals surface area contributed by atoms with E-state index in [2.05, 4.69) is 101 Å². The molecule has 1 unspecified atom stereocenters. The van der Waals surface area contributed by atoms with Crippen LogP contribution in [0.2, 0.25) is 0 Å². The zero-order valence-electron chi connectivity index (χ0n) is 24.2. The zero-order valence-corrected chi connectivity index (χ0v) is 24.2. The fraction of sp³-hybridized carbons (Fsp3) is 0.0250. The number of rotatable bonds is 4. The quantitative estimate of drug-likeness (QED) is 0.226. The third-order valence-electron chi connectivity index (χ3n) is 8.58. The summed E-state index contributed by atoms with van der Waals surface area (Å²) in [6.07, 6.45) is 1.51. The van der Waals surface area contributed by atoms with Crippen LogP contribution in [0.15, 0.2) is 160 Å². The molecule has 5 heteroatoms. The van der Waals surface area contributed by atoms with Crippen LogP contribution >= 0.6 is 0 Å². The van der Waals surface area contributed by atoms with Gasteiger partial charge in [-0.2, -0.15) is 0 Å². The summed E-state index contributed by atoms with van der Waals surface area (Å²) >= 11 is 0. The Morgan fingerprint density at radius 3 is 2.20 bits per heavy atom. The van der Waals surface area contributed by atoms with E-state index in [0.29, 0.717) is 5.84 Å². The molecule has 0 fully saturated rings. The molecular weight excluding hydrogens is 552 g/mol. The van der Waals surface area contributed by atoms with Crippen molar-refractivity contribution in [3.05, 3.63) is 162 Å².